The maximum absolute atomic E-state index is 13.5. The van der Waals surface area contributed by atoms with E-state index in [1.54, 1.807) is 16.8 Å². The van der Waals surface area contributed by atoms with E-state index in [4.69, 9.17) is 11.6 Å². The number of imide groups is 2. The summed E-state index contributed by atoms with van der Waals surface area (Å²) in [5, 5.41) is 9.46. The number of carbonyl (C=O) groups is 5. The van der Waals surface area contributed by atoms with E-state index in [1.165, 1.54) is 6.07 Å². The molecule has 5 fully saturated rings. The average molecular weight is 806 g/mol. The van der Waals surface area contributed by atoms with Crippen molar-refractivity contribution in [3.63, 3.8) is 0 Å². The molecule has 12 nitrogen and oxygen atoms in total. The highest BCUT2D eigenvalue weighted by molar-refractivity contribution is 6.33. The largest absolute Gasteiger partial charge is 0.416 e. The van der Waals surface area contributed by atoms with Crippen LogP contribution in [0.3, 0.4) is 0 Å². The Bertz CT molecular complexity index is 2150. The number of hydrogen-bond donors (Lipinski definition) is 2. The van der Waals surface area contributed by atoms with E-state index in [0.717, 1.165) is 93.1 Å². The molecule has 0 bridgehead atoms. The fourth-order valence-corrected chi connectivity index (χ4v) is 10.4. The average Bonchev–Trinajstić information content (AvgIpc) is 3.93. The minimum absolute atomic E-state index is 0.0835. The first-order valence-corrected chi connectivity index (χ1v) is 20.2. The Kier molecular flexibility index (Phi) is 9.45. The highest BCUT2D eigenvalue weighted by Crippen LogP contribution is 2.45. The molecule has 0 spiro atoms. The fourth-order valence-electron chi connectivity index (χ4n) is 10.1. The number of nitrogens with one attached hydrogen (secondary N) is 2. The summed E-state index contributed by atoms with van der Waals surface area (Å²) in [5.41, 5.74) is 0.963. The molecule has 2 N–H and O–H groups in total. The van der Waals surface area contributed by atoms with E-state index in [9.17, 15) is 37.1 Å². The number of halogens is 4. The van der Waals surface area contributed by atoms with E-state index < -0.39 is 46.9 Å². The van der Waals surface area contributed by atoms with Gasteiger partial charge in [-0.1, -0.05) is 11.6 Å². The Hall–Kier alpha value is -4.76. The second-order valence-corrected chi connectivity index (χ2v) is 17.2. The molecule has 4 aliphatic heterocycles. The molecule has 0 radical (unpaired) electrons. The van der Waals surface area contributed by atoms with Crippen molar-refractivity contribution in [2.45, 2.75) is 81.5 Å². The van der Waals surface area contributed by atoms with Crippen LogP contribution in [0.15, 0.2) is 48.8 Å². The number of anilines is 2. The Labute approximate surface area is 332 Å². The van der Waals surface area contributed by atoms with Crippen LogP contribution in [0.2, 0.25) is 5.02 Å². The highest BCUT2D eigenvalue weighted by atomic mass is 35.5. The van der Waals surface area contributed by atoms with Crippen molar-refractivity contribution in [3.8, 4) is 0 Å². The number of likely N-dealkylation sites (tertiary alicyclic amines) is 1. The molecule has 3 saturated heterocycles. The molecule has 9 rings (SSSR count). The minimum atomic E-state index is -4.53. The SMILES string of the molecule is O=C1CCC(N2C(=O)c3ccc(N4CC5CC(CN6CCC(c7cnn(C8(C(=O)Nc9ccc(C(F)(F)F)cc9Cl)CCC8)c7)CC6)CC5C4)cc3C2=O)C(=O)N1. The van der Waals surface area contributed by atoms with Crippen molar-refractivity contribution in [1.82, 2.24) is 24.9 Å². The number of hydrogen-bond acceptors (Lipinski definition) is 8. The molecule has 1 aromatic heterocycles. The zero-order valence-electron chi connectivity index (χ0n) is 31.2. The topological polar surface area (TPSA) is 137 Å². The molecule has 5 heterocycles. The molecule has 6 aliphatic rings. The number of fused-ring (bicyclic) bond motifs is 2. The molecule has 5 amide bonds. The summed E-state index contributed by atoms with van der Waals surface area (Å²) >= 11 is 6.14. The summed E-state index contributed by atoms with van der Waals surface area (Å²) in [6.45, 7) is 4.79. The third-order valence-corrected chi connectivity index (χ3v) is 13.7. The van der Waals surface area contributed by atoms with Crippen LogP contribution in [0.25, 0.3) is 0 Å². The van der Waals surface area contributed by atoms with Crippen LogP contribution >= 0.6 is 11.6 Å². The monoisotopic (exact) mass is 805 g/mol. The van der Waals surface area contributed by atoms with Gasteiger partial charge in [-0.2, -0.15) is 18.3 Å². The van der Waals surface area contributed by atoms with Gasteiger partial charge in [-0.25, -0.2) is 0 Å². The minimum Gasteiger partial charge on any atom is -0.371 e. The maximum Gasteiger partial charge on any atom is 0.416 e. The summed E-state index contributed by atoms with van der Waals surface area (Å²) < 4.78 is 41.1. The number of carbonyl (C=O) groups excluding carboxylic acids is 5. The van der Waals surface area contributed by atoms with Crippen LogP contribution in [0, 0.1) is 17.8 Å². The molecule has 57 heavy (non-hydrogen) atoms. The summed E-state index contributed by atoms with van der Waals surface area (Å²) in [6.07, 6.45) is 5.76. The standard InChI is InChI=1S/C41H43ClF3N7O5/c42-32-16-28(41(43,44)45)2-5-33(32)47-39(57)40(10-1-11-40)51-22-27(18-46-51)24-8-12-49(13-9-24)19-23-14-25-20-50(21-26(25)15-23)29-3-4-30-31(17-29)38(56)52(37(30)55)34-6-7-35(53)48-36(34)54/h2-5,16-18,22-26,34H,1,6-15,19-21H2,(H,47,57)(H,48,53,54). The predicted octanol–water partition coefficient (Wildman–Crippen LogP) is 5.82. The first-order valence-electron chi connectivity index (χ1n) is 19.8. The van der Waals surface area contributed by atoms with Crippen molar-refractivity contribution in [2.24, 2.45) is 17.8 Å². The number of aromatic nitrogens is 2. The lowest BCUT2D eigenvalue weighted by Crippen LogP contribution is -2.54. The second kappa shape index (κ2) is 14.3. The van der Waals surface area contributed by atoms with Gasteiger partial charge in [-0.15, -0.1) is 0 Å². The summed E-state index contributed by atoms with van der Waals surface area (Å²) in [7, 11) is 0. The van der Waals surface area contributed by atoms with Crippen molar-refractivity contribution in [2.75, 3.05) is 42.9 Å². The van der Waals surface area contributed by atoms with Crippen molar-refractivity contribution in [1.29, 1.82) is 0 Å². The van der Waals surface area contributed by atoms with Gasteiger partial charge in [-0.05, 0) is 130 Å². The smallest absolute Gasteiger partial charge is 0.371 e. The number of rotatable bonds is 8. The van der Waals surface area contributed by atoms with Crippen LogP contribution in [-0.4, -0.2) is 87.9 Å². The lowest BCUT2D eigenvalue weighted by Gasteiger charge is -2.40. The van der Waals surface area contributed by atoms with Gasteiger partial charge in [0.15, 0.2) is 0 Å². The first kappa shape index (κ1) is 37.8. The van der Waals surface area contributed by atoms with Gasteiger partial charge in [0.2, 0.25) is 11.8 Å². The van der Waals surface area contributed by atoms with Gasteiger partial charge in [0.05, 0.1) is 33.6 Å². The molecule has 2 aromatic carbocycles. The Morgan fingerprint density at radius 2 is 1.67 bits per heavy atom. The van der Waals surface area contributed by atoms with Crippen molar-refractivity contribution >= 4 is 52.5 Å². The van der Waals surface area contributed by atoms with E-state index >= 15 is 0 Å². The number of benzene rings is 2. The molecule has 3 aromatic rings. The van der Waals surface area contributed by atoms with Crippen molar-refractivity contribution in [3.05, 3.63) is 76.1 Å². The van der Waals surface area contributed by atoms with Crippen molar-refractivity contribution < 1.29 is 37.1 Å². The van der Waals surface area contributed by atoms with Crippen LogP contribution in [0.4, 0.5) is 24.5 Å². The van der Waals surface area contributed by atoms with E-state index in [2.05, 4.69) is 25.5 Å². The maximum atomic E-state index is 13.5. The van der Waals surface area contributed by atoms with Gasteiger partial charge >= 0.3 is 6.18 Å². The number of nitrogens with zero attached hydrogens (tertiary/aromatic N) is 5. The van der Waals surface area contributed by atoms with Gasteiger partial charge in [-0.3, -0.25) is 38.9 Å². The molecule has 16 heteroatoms. The molecular weight excluding hydrogens is 763 g/mol. The lowest BCUT2D eigenvalue weighted by atomic mass is 9.76. The third-order valence-electron chi connectivity index (χ3n) is 13.4. The van der Waals surface area contributed by atoms with Crippen LogP contribution in [0.1, 0.15) is 95.5 Å². The van der Waals surface area contributed by atoms with E-state index in [1.807, 2.05) is 18.5 Å². The predicted molar refractivity (Wildman–Crippen MR) is 203 cm³/mol. The van der Waals surface area contributed by atoms with Gasteiger partial charge in [0.25, 0.3) is 17.7 Å². The van der Waals surface area contributed by atoms with Crippen LogP contribution < -0.4 is 15.5 Å². The van der Waals surface area contributed by atoms with Gasteiger partial charge in [0, 0.05) is 37.9 Å². The highest BCUT2D eigenvalue weighted by Gasteiger charge is 2.48. The first-order chi connectivity index (χ1) is 27.3. The fraction of sp³-hybridized carbons (Fsp3) is 0.512. The quantitative estimate of drug-likeness (QED) is 0.272. The normalized spacial score (nSPS) is 26.4. The van der Waals surface area contributed by atoms with E-state index in [0.29, 0.717) is 47.6 Å². The summed E-state index contributed by atoms with van der Waals surface area (Å²) in [5.74, 6) is -0.295. The van der Waals surface area contributed by atoms with Gasteiger partial charge < -0.3 is 15.1 Å². The molecule has 2 aliphatic carbocycles. The van der Waals surface area contributed by atoms with Gasteiger partial charge in [0.1, 0.15) is 11.6 Å². The molecule has 2 saturated carbocycles. The van der Waals surface area contributed by atoms with Crippen LogP contribution in [0.5, 0.6) is 0 Å². The summed E-state index contributed by atoms with van der Waals surface area (Å²) in [4.78, 5) is 70.0. The zero-order chi connectivity index (χ0) is 39.8. The number of alkyl halides is 3. The zero-order valence-corrected chi connectivity index (χ0v) is 32.0. The second-order valence-electron chi connectivity index (χ2n) is 16.8. The third kappa shape index (κ3) is 6.79. The number of piperidine rings is 2. The molecule has 3 atom stereocenters. The Morgan fingerprint density at radius 1 is 0.947 bits per heavy atom. The Morgan fingerprint density at radius 3 is 2.32 bits per heavy atom. The number of amides is 5. The molecule has 3 unspecified atom stereocenters. The Balaban J connectivity index is 0.760. The summed E-state index contributed by atoms with van der Waals surface area (Å²) in [6, 6.07) is 7.31. The lowest BCUT2D eigenvalue weighted by molar-refractivity contribution is -0.138. The van der Waals surface area contributed by atoms with E-state index in [-0.39, 0.29) is 29.5 Å². The molecule has 300 valence electrons. The van der Waals surface area contributed by atoms with Crippen LogP contribution in [-0.2, 0) is 26.1 Å². The molecular formula is C41H43ClF3N7O5.